The first kappa shape index (κ1) is 18.6. The molecule has 0 saturated heterocycles. The van der Waals surface area contributed by atoms with Gasteiger partial charge in [-0.05, 0) is 24.2 Å². The minimum Gasteiger partial charge on any atom is -0.352 e. The van der Waals surface area contributed by atoms with Gasteiger partial charge in [-0.15, -0.1) is 0 Å². The molecule has 0 rings (SSSR count). The Hall–Kier alpha value is -0.380. The maximum absolute atomic E-state index is 11.7. The van der Waals surface area contributed by atoms with Crippen molar-refractivity contribution in [1.82, 2.24) is 5.32 Å². The molecule has 0 aromatic rings. The Kier molecular flexibility index (Phi) is 8.55. The van der Waals surface area contributed by atoms with Crippen LogP contribution < -0.4 is 5.32 Å². The highest BCUT2D eigenvalue weighted by atomic mass is 32.2. The van der Waals surface area contributed by atoms with E-state index in [-0.39, 0.29) is 19.1 Å². The number of carbonyl (C=O) groups excluding carboxylic acids is 1. The lowest BCUT2D eigenvalue weighted by Gasteiger charge is -2.26. The quantitative estimate of drug-likeness (QED) is 0.708. The van der Waals surface area contributed by atoms with Crippen molar-refractivity contribution in [2.24, 2.45) is 11.3 Å². The standard InChI is InChI=1S/C15H31NO2S.H2/c1-7-15(4,5)10-8-9-13(12(2)3)16-14(17)11-19(6)18;/h12-13H,7-11H2,1-6H3,(H,16,17);1H. The molecule has 116 valence electrons. The van der Waals surface area contributed by atoms with Gasteiger partial charge in [-0.25, -0.2) is 0 Å². The average molecular weight is 292 g/mol. The molecule has 1 amide bonds. The molecule has 0 aromatic carbocycles. The van der Waals surface area contributed by atoms with E-state index in [4.69, 9.17) is 0 Å². The Labute approximate surface area is 122 Å². The first-order chi connectivity index (χ1) is 8.68. The average Bonchev–Trinajstić information content (AvgIpc) is 2.26. The van der Waals surface area contributed by atoms with Crippen molar-refractivity contribution in [3.8, 4) is 0 Å². The molecule has 19 heavy (non-hydrogen) atoms. The Bertz CT molecular complexity index is 306. The largest absolute Gasteiger partial charge is 0.352 e. The van der Waals surface area contributed by atoms with Gasteiger partial charge >= 0.3 is 0 Å². The van der Waals surface area contributed by atoms with Crippen LogP contribution in [0.25, 0.3) is 0 Å². The molecular formula is C15H33NO2S. The highest BCUT2D eigenvalue weighted by Gasteiger charge is 2.19. The van der Waals surface area contributed by atoms with Crippen molar-refractivity contribution >= 4 is 16.7 Å². The highest BCUT2D eigenvalue weighted by Crippen LogP contribution is 2.27. The summed E-state index contributed by atoms with van der Waals surface area (Å²) in [4.78, 5) is 11.7. The summed E-state index contributed by atoms with van der Waals surface area (Å²) < 4.78 is 11.0. The molecule has 2 unspecified atom stereocenters. The maximum atomic E-state index is 11.7. The zero-order valence-electron chi connectivity index (χ0n) is 13.4. The summed E-state index contributed by atoms with van der Waals surface area (Å²) >= 11 is 0. The lowest BCUT2D eigenvalue weighted by molar-refractivity contribution is -0.119. The van der Waals surface area contributed by atoms with Crippen LogP contribution in [0.15, 0.2) is 0 Å². The molecule has 4 heteroatoms. The van der Waals surface area contributed by atoms with Crippen LogP contribution in [0.1, 0.15) is 61.7 Å². The lowest BCUT2D eigenvalue weighted by atomic mass is 9.83. The maximum Gasteiger partial charge on any atom is 0.232 e. The second-order valence-electron chi connectivity index (χ2n) is 6.55. The smallest absolute Gasteiger partial charge is 0.232 e. The van der Waals surface area contributed by atoms with E-state index in [1.165, 1.54) is 12.8 Å². The van der Waals surface area contributed by atoms with Crippen LogP contribution in [0.3, 0.4) is 0 Å². The van der Waals surface area contributed by atoms with Crippen LogP contribution in [-0.4, -0.2) is 28.2 Å². The Morgan fingerprint density at radius 3 is 2.37 bits per heavy atom. The minimum absolute atomic E-state index is 0. The summed E-state index contributed by atoms with van der Waals surface area (Å²) in [5.41, 5.74) is 0.385. The third-order valence-electron chi connectivity index (χ3n) is 3.81. The molecule has 0 aliphatic carbocycles. The number of nitrogens with one attached hydrogen (secondary N) is 1. The van der Waals surface area contributed by atoms with Crippen LogP contribution in [0, 0.1) is 11.3 Å². The van der Waals surface area contributed by atoms with Crippen LogP contribution >= 0.6 is 0 Å². The van der Waals surface area contributed by atoms with Crippen molar-refractivity contribution < 1.29 is 10.4 Å². The Morgan fingerprint density at radius 1 is 1.37 bits per heavy atom. The Morgan fingerprint density at radius 2 is 1.95 bits per heavy atom. The van der Waals surface area contributed by atoms with Gasteiger partial charge in [0.15, 0.2) is 0 Å². The van der Waals surface area contributed by atoms with Crippen LogP contribution in [0.4, 0.5) is 0 Å². The number of hydrogen-bond donors (Lipinski definition) is 1. The molecule has 0 aromatic heterocycles. The molecule has 2 atom stereocenters. The van der Waals surface area contributed by atoms with Crippen LogP contribution in [0.5, 0.6) is 0 Å². The number of rotatable bonds is 9. The monoisotopic (exact) mass is 291 g/mol. The normalized spacial score (nSPS) is 15.3. The van der Waals surface area contributed by atoms with Gasteiger partial charge in [-0.3, -0.25) is 9.00 Å². The van der Waals surface area contributed by atoms with Gasteiger partial charge in [-0.2, -0.15) is 0 Å². The highest BCUT2D eigenvalue weighted by molar-refractivity contribution is 7.85. The van der Waals surface area contributed by atoms with Gasteiger partial charge in [0.05, 0.1) is 0 Å². The number of carbonyl (C=O) groups is 1. The van der Waals surface area contributed by atoms with Gasteiger partial charge in [0.2, 0.25) is 5.91 Å². The SMILES string of the molecule is CCC(C)(C)CCCC(NC(=O)CS(C)=O)C(C)C.[HH]. The summed E-state index contributed by atoms with van der Waals surface area (Å²) in [6.45, 7) is 11.0. The molecular weight excluding hydrogens is 258 g/mol. The zero-order valence-corrected chi connectivity index (χ0v) is 14.2. The summed E-state index contributed by atoms with van der Waals surface area (Å²) in [5, 5.41) is 3.02. The van der Waals surface area contributed by atoms with Gasteiger partial charge in [0.1, 0.15) is 5.75 Å². The fourth-order valence-corrected chi connectivity index (χ4v) is 2.44. The van der Waals surface area contributed by atoms with Crippen LogP contribution in [0.2, 0.25) is 0 Å². The van der Waals surface area contributed by atoms with E-state index in [1.807, 2.05) is 0 Å². The second-order valence-corrected chi connectivity index (χ2v) is 7.98. The molecule has 0 aliphatic heterocycles. The number of hydrogen-bond acceptors (Lipinski definition) is 2. The first-order valence-corrected chi connectivity index (χ1v) is 9.00. The van der Waals surface area contributed by atoms with E-state index in [0.29, 0.717) is 11.3 Å². The van der Waals surface area contributed by atoms with E-state index in [9.17, 15) is 9.00 Å². The summed E-state index contributed by atoms with van der Waals surface area (Å²) in [6, 6.07) is 0.198. The molecule has 0 bridgehead atoms. The predicted octanol–water partition coefficient (Wildman–Crippen LogP) is 3.36. The van der Waals surface area contributed by atoms with E-state index >= 15 is 0 Å². The van der Waals surface area contributed by atoms with E-state index in [1.54, 1.807) is 6.26 Å². The summed E-state index contributed by atoms with van der Waals surface area (Å²) in [6.07, 6.45) is 6.05. The molecule has 0 heterocycles. The molecule has 1 N–H and O–H groups in total. The van der Waals surface area contributed by atoms with Crippen molar-refractivity contribution in [2.75, 3.05) is 12.0 Å². The fourth-order valence-electron chi connectivity index (χ4n) is 1.98. The molecule has 0 radical (unpaired) electrons. The second kappa shape index (κ2) is 8.72. The molecule has 0 aliphatic rings. The van der Waals surface area contributed by atoms with Gasteiger partial charge in [0, 0.05) is 24.5 Å². The predicted molar refractivity (Wildman–Crippen MR) is 85.7 cm³/mol. The first-order valence-electron chi connectivity index (χ1n) is 7.27. The van der Waals surface area contributed by atoms with Gasteiger partial charge < -0.3 is 5.32 Å². The van der Waals surface area contributed by atoms with Crippen molar-refractivity contribution in [1.29, 1.82) is 0 Å². The van der Waals surface area contributed by atoms with Gasteiger partial charge in [0.25, 0.3) is 0 Å². The topological polar surface area (TPSA) is 46.2 Å². The van der Waals surface area contributed by atoms with Crippen molar-refractivity contribution in [3.05, 3.63) is 0 Å². The fraction of sp³-hybridized carbons (Fsp3) is 0.933. The number of amides is 1. The van der Waals surface area contributed by atoms with Crippen molar-refractivity contribution in [3.63, 3.8) is 0 Å². The van der Waals surface area contributed by atoms with E-state index < -0.39 is 10.8 Å². The van der Waals surface area contributed by atoms with Crippen molar-refractivity contribution in [2.45, 2.75) is 66.3 Å². The zero-order chi connectivity index (χ0) is 15.1. The van der Waals surface area contributed by atoms with E-state index in [0.717, 1.165) is 12.8 Å². The molecule has 0 fully saturated rings. The third-order valence-corrected chi connectivity index (χ3v) is 4.48. The van der Waals surface area contributed by atoms with E-state index in [2.05, 4.69) is 39.9 Å². The van der Waals surface area contributed by atoms with Gasteiger partial charge in [-0.1, -0.05) is 47.5 Å². The summed E-state index contributed by atoms with van der Waals surface area (Å²) in [5.74, 6) is 0.442. The lowest BCUT2D eigenvalue weighted by Crippen LogP contribution is -2.40. The third kappa shape index (κ3) is 9.20. The molecule has 3 nitrogen and oxygen atoms in total. The minimum atomic E-state index is -1.06. The molecule has 0 spiro atoms. The van der Waals surface area contributed by atoms with Crippen LogP contribution in [-0.2, 0) is 15.6 Å². The molecule has 0 saturated carbocycles. The Balaban J connectivity index is 0. The summed E-state index contributed by atoms with van der Waals surface area (Å²) in [7, 11) is -1.06.